The number of aromatic amines is 1. The van der Waals surface area contributed by atoms with Crippen molar-refractivity contribution in [2.24, 2.45) is 0 Å². The summed E-state index contributed by atoms with van der Waals surface area (Å²) in [6.07, 6.45) is 0. The average Bonchev–Trinajstić information content (AvgIpc) is 2.15. The molecule has 2 N–H and O–H groups in total. The van der Waals surface area contributed by atoms with Crippen LogP contribution in [-0.4, -0.2) is 28.5 Å². The lowest BCUT2D eigenvalue weighted by atomic mass is 10.4. The zero-order chi connectivity index (χ0) is 9.68. The Balaban J connectivity index is 2.66. The fraction of sp³-hybridized carbons (Fsp3) is 0.286. The molecule has 0 aliphatic heterocycles. The summed E-state index contributed by atoms with van der Waals surface area (Å²) in [5.74, 6) is -0.00774. The Bertz CT molecular complexity index is 329. The zero-order valence-corrected chi connectivity index (χ0v) is 7.47. The molecule has 0 saturated heterocycles. The van der Waals surface area contributed by atoms with Crippen molar-refractivity contribution >= 4 is 17.5 Å². The van der Waals surface area contributed by atoms with Crippen LogP contribution in [0.3, 0.4) is 0 Å². The van der Waals surface area contributed by atoms with E-state index in [1.54, 1.807) is 0 Å². The summed E-state index contributed by atoms with van der Waals surface area (Å²) in [4.78, 5) is 21.7. The number of nitrogens with zero attached hydrogens (tertiary/aromatic N) is 1. The molecule has 0 aliphatic rings. The molecule has 1 aromatic heterocycles. The third-order valence-electron chi connectivity index (χ3n) is 1.29. The van der Waals surface area contributed by atoms with Gasteiger partial charge in [-0.1, -0.05) is 0 Å². The van der Waals surface area contributed by atoms with Crippen LogP contribution >= 0.6 is 11.6 Å². The second-order valence-corrected chi connectivity index (χ2v) is 2.63. The number of aromatic nitrogens is 2. The fourth-order valence-corrected chi connectivity index (χ4v) is 0.817. The van der Waals surface area contributed by atoms with Crippen molar-refractivity contribution < 1.29 is 4.79 Å². The van der Waals surface area contributed by atoms with E-state index in [9.17, 15) is 9.59 Å². The Hall–Kier alpha value is -1.36. The van der Waals surface area contributed by atoms with E-state index in [-0.39, 0.29) is 17.2 Å². The van der Waals surface area contributed by atoms with E-state index < -0.39 is 0 Å². The number of halogens is 1. The van der Waals surface area contributed by atoms with Gasteiger partial charge < -0.3 is 5.32 Å². The van der Waals surface area contributed by atoms with Crippen LogP contribution in [0.15, 0.2) is 16.9 Å². The fourth-order valence-electron chi connectivity index (χ4n) is 0.722. The van der Waals surface area contributed by atoms with Gasteiger partial charge in [0.05, 0.1) is 0 Å². The molecule has 0 spiro atoms. The Kier molecular flexibility index (Phi) is 3.45. The van der Waals surface area contributed by atoms with E-state index in [2.05, 4.69) is 15.5 Å². The van der Waals surface area contributed by atoms with Gasteiger partial charge in [-0.2, -0.15) is 5.10 Å². The minimum atomic E-state index is -0.350. The maximum absolute atomic E-state index is 11.2. The number of alkyl halides is 1. The number of carbonyl (C=O) groups is 1. The summed E-state index contributed by atoms with van der Waals surface area (Å²) in [5, 5.41) is 8.21. The molecule has 0 atom stereocenters. The lowest BCUT2D eigenvalue weighted by molar-refractivity contribution is 0.0950. The van der Waals surface area contributed by atoms with Crippen LogP contribution in [0.4, 0.5) is 0 Å². The van der Waals surface area contributed by atoms with Crippen molar-refractivity contribution in [2.45, 2.75) is 0 Å². The predicted octanol–water partition coefficient (Wildman–Crippen LogP) is -0.262. The molecular formula is C7H8ClN3O2. The molecule has 0 saturated carbocycles. The molecular weight excluding hydrogens is 194 g/mol. The SMILES string of the molecule is O=C(NCCCl)c1ccc(=O)[nH]n1. The lowest BCUT2D eigenvalue weighted by Gasteiger charge is -1.99. The Labute approximate surface area is 79.1 Å². The molecule has 13 heavy (non-hydrogen) atoms. The van der Waals surface area contributed by atoms with Crippen LogP contribution in [0.2, 0.25) is 0 Å². The first-order valence-electron chi connectivity index (χ1n) is 3.64. The van der Waals surface area contributed by atoms with E-state index in [0.717, 1.165) is 0 Å². The van der Waals surface area contributed by atoms with E-state index >= 15 is 0 Å². The highest BCUT2D eigenvalue weighted by Gasteiger charge is 2.04. The van der Waals surface area contributed by atoms with Gasteiger partial charge in [0.25, 0.3) is 11.5 Å². The number of hydrogen-bond donors (Lipinski definition) is 2. The van der Waals surface area contributed by atoms with Gasteiger partial charge in [-0.3, -0.25) is 9.59 Å². The summed E-state index contributed by atoms with van der Waals surface area (Å²) in [7, 11) is 0. The molecule has 6 heteroatoms. The maximum Gasteiger partial charge on any atom is 0.271 e. The first-order chi connectivity index (χ1) is 6.24. The van der Waals surface area contributed by atoms with Crippen molar-refractivity contribution in [3.05, 3.63) is 28.2 Å². The number of amides is 1. The van der Waals surface area contributed by atoms with Crippen LogP contribution in [0.5, 0.6) is 0 Å². The first kappa shape index (κ1) is 9.73. The normalized spacial score (nSPS) is 9.62. The number of carbonyl (C=O) groups excluding carboxylic acids is 1. The monoisotopic (exact) mass is 201 g/mol. The standard InChI is InChI=1S/C7H8ClN3O2/c8-3-4-9-7(13)5-1-2-6(12)11-10-5/h1-2H,3-4H2,(H,9,13)(H,11,12). The van der Waals surface area contributed by atoms with Gasteiger partial charge in [-0.25, -0.2) is 5.10 Å². The van der Waals surface area contributed by atoms with Crippen LogP contribution in [0.1, 0.15) is 10.5 Å². The third kappa shape index (κ3) is 2.87. The minimum absolute atomic E-state index is 0.171. The summed E-state index contributed by atoms with van der Waals surface area (Å²) >= 11 is 5.37. The number of rotatable bonds is 3. The maximum atomic E-state index is 11.2. The van der Waals surface area contributed by atoms with Crippen molar-refractivity contribution in [3.63, 3.8) is 0 Å². The second kappa shape index (κ2) is 4.61. The van der Waals surface area contributed by atoms with E-state index in [4.69, 9.17) is 11.6 Å². The molecule has 70 valence electrons. The molecule has 1 rings (SSSR count). The molecule has 1 amide bonds. The highest BCUT2D eigenvalue weighted by molar-refractivity contribution is 6.18. The highest BCUT2D eigenvalue weighted by atomic mass is 35.5. The molecule has 1 aromatic rings. The first-order valence-corrected chi connectivity index (χ1v) is 4.17. The summed E-state index contributed by atoms with van der Waals surface area (Å²) < 4.78 is 0. The molecule has 5 nitrogen and oxygen atoms in total. The largest absolute Gasteiger partial charge is 0.349 e. The van der Waals surface area contributed by atoms with Crippen LogP contribution in [0, 0.1) is 0 Å². The van der Waals surface area contributed by atoms with Crippen LogP contribution in [-0.2, 0) is 0 Å². The van der Waals surface area contributed by atoms with Gasteiger partial charge >= 0.3 is 0 Å². The molecule has 0 bridgehead atoms. The van der Waals surface area contributed by atoms with Crippen molar-refractivity contribution in [2.75, 3.05) is 12.4 Å². The molecule has 0 radical (unpaired) electrons. The summed E-state index contributed by atoms with van der Waals surface area (Å²) in [5.41, 5.74) is -0.168. The zero-order valence-electron chi connectivity index (χ0n) is 6.71. The Morgan fingerprint density at radius 1 is 1.62 bits per heavy atom. The van der Waals surface area contributed by atoms with E-state index in [1.807, 2.05) is 0 Å². The quantitative estimate of drug-likeness (QED) is 0.662. The second-order valence-electron chi connectivity index (χ2n) is 2.25. The Morgan fingerprint density at radius 2 is 2.38 bits per heavy atom. The lowest BCUT2D eigenvalue weighted by Crippen LogP contribution is -2.27. The van der Waals surface area contributed by atoms with E-state index in [1.165, 1.54) is 12.1 Å². The van der Waals surface area contributed by atoms with Crippen molar-refractivity contribution in [3.8, 4) is 0 Å². The summed E-state index contributed by atoms with van der Waals surface area (Å²) in [6.45, 7) is 0.376. The van der Waals surface area contributed by atoms with E-state index in [0.29, 0.717) is 12.4 Å². The molecule has 0 aliphatic carbocycles. The van der Waals surface area contributed by atoms with Gasteiger partial charge in [-0.05, 0) is 6.07 Å². The van der Waals surface area contributed by atoms with Gasteiger partial charge in [0.15, 0.2) is 0 Å². The Morgan fingerprint density at radius 3 is 2.92 bits per heavy atom. The topological polar surface area (TPSA) is 74.8 Å². The smallest absolute Gasteiger partial charge is 0.271 e. The van der Waals surface area contributed by atoms with Gasteiger partial charge in [0, 0.05) is 18.5 Å². The third-order valence-corrected chi connectivity index (χ3v) is 1.48. The minimum Gasteiger partial charge on any atom is -0.349 e. The average molecular weight is 202 g/mol. The summed E-state index contributed by atoms with van der Waals surface area (Å²) in [6, 6.07) is 2.59. The molecule has 1 heterocycles. The molecule has 0 unspecified atom stereocenters. The van der Waals surface area contributed by atoms with Crippen LogP contribution < -0.4 is 10.9 Å². The van der Waals surface area contributed by atoms with Gasteiger partial charge in [-0.15, -0.1) is 11.6 Å². The number of H-pyrrole nitrogens is 1. The van der Waals surface area contributed by atoms with Crippen molar-refractivity contribution in [1.82, 2.24) is 15.5 Å². The molecule has 0 fully saturated rings. The van der Waals surface area contributed by atoms with Crippen LogP contribution in [0.25, 0.3) is 0 Å². The number of hydrogen-bond acceptors (Lipinski definition) is 3. The number of nitrogens with one attached hydrogen (secondary N) is 2. The van der Waals surface area contributed by atoms with Gasteiger partial charge in [0.1, 0.15) is 5.69 Å². The highest BCUT2D eigenvalue weighted by Crippen LogP contribution is 1.87. The van der Waals surface area contributed by atoms with Crippen molar-refractivity contribution in [1.29, 1.82) is 0 Å². The molecule has 0 aromatic carbocycles. The predicted molar refractivity (Wildman–Crippen MR) is 47.9 cm³/mol. The van der Waals surface area contributed by atoms with Gasteiger partial charge in [0.2, 0.25) is 0 Å².